The second kappa shape index (κ2) is 5.98. The Balaban J connectivity index is 2.04. The molecule has 0 aromatic heterocycles. The molecule has 1 atom stereocenters. The van der Waals surface area contributed by atoms with Gasteiger partial charge in [0.25, 0.3) is 5.69 Å². The van der Waals surface area contributed by atoms with Gasteiger partial charge in [0.2, 0.25) is 9.84 Å². The predicted molar refractivity (Wildman–Crippen MR) is 80.2 cm³/mol. The summed E-state index contributed by atoms with van der Waals surface area (Å²) in [7, 11) is -4.08. The lowest BCUT2D eigenvalue weighted by Crippen LogP contribution is -2.10. The van der Waals surface area contributed by atoms with E-state index in [0.717, 1.165) is 6.07 Å². The van der Waals surface area contributed by atoms with Crippen molar-refractivity contribution < 1.29 is 22.8 Å². The van der Waals surface area contributed by atoms with Crippen LogP contribution >= 0.6 is 0 Å². The molecule has 3 rings (SSSR count). The molecule has 0 amide bonds. The van der Waals surface area contributed by atoms with E-state index in [1.54, 1.807) is 12.1 Å². The second-order valence-electron chi connectivity index (χ2n) is 4.94. The van der Waals surface area contributed by atoms with E-state index in [-0.39, 0.29) is 28.3 Å². The van der Waals surface area contributed by atoms with Crippen LogP contribution in [0.1, 0.15) is 0 Å². The average molecular weight is 335 g/mol. The van der Waals surface area contributed by atoms with E-state index in [1.165, 1.54) is 30.3 Å². The summed E-state index contributed by atoms with van der Waals surface area (Å²) in [5.41, 5.74) is -0.465. The van der Waals surface area contributed by atoms with Gasteiger partial charge in [-0.05, 0) is 18.2 Å². The van der Waals surface area contributed by atoms with Crippen molar-refractivity contribution in [3.05, 3.63) is 58.6 Å². The Morgan fingerprint density at radius 1 is 1.13 bits per heavy atom. The van der Waals surface area contributed by atoms with Gasteiger partial charge in [0, 0.05) is 6.07 Å². The Labute approximate surface area is 132 Å². The average Bonchev–Trinajstić information content (AvgIpc) is 3.37. The first-order valence-corrected chi connectivity index (χ1v) is 8.30. The van der Waals surface area contributed by atoms with Crippen LogP contribution in [0.4, 0.5) is 5.69 Å². The molecule has 1 heterocycles. The van der Waals surface area contributed by atoms with Crippen molar-refractivity contribution in [1.82, 2.24) is 0 Å². The van der Waals surface area contributed by atoms with Crippen LogP contribution in [0, 0.1) is 10.1 Å². The fraction of sp³-hybridized carbons (Fsp3) is 0.200. The fourth-order valence-electron chi connectivity index (χ4n) is 2.09. The zero-order chi connectivity index (χ0) is 16.4. The molecule has 8 heteroatoms. The Hall–Kier alpha value is -2.45. The van der Waals surface area contributed by atoms with E-state index in [1.807, 2.05) is 0 Å². The highest BCUT2D eigenvalue weighted by Crippen LogP contribution is 2.34. The van der Waals surface area contributed by atoms with Crippen LogP contribution in [0.3, 0.4) is 0 Å². The lowest BCUT2D eigenvalue weighted by molar-refractivity contribution is -0.387. The van der Waals surface area contributed by atoms with E-state index in [4.69, 9.17) is 9.47 Å². The molecule has 0 radical (unpaired) electrons. The van der Waals surface area contributed by atoms with Crippen molar-refractivity contribution in [2.24, 2.45) is 0 Å². The summed E-state index contributed by atoms with van der Waals surface area (Å²) in [5, 5.41) is 11.1. The highest BCUT2D eigenvalue weighted by molar-refractivity contribution is 7.91. The minimum absolute atomic E-state index is 0.0307. The van der Waals surface area contributed by atoms with Crippen molar-refractivity contribution >= 4 is 15.5 Å². The smallest absolute Gasteiger partial charge is 0.288 e. The van der Waals surface area contributed by atoms with Crippen molar-refractivity contribution in [1.29, 1.82) is 0 Å². The molecule has 23 heavy (non-hydrogen) atoms. The van der Waals surface area contributed by atoms with Gasteiger partial charge in [-0.3, -0.25) is 10.1 Å². The number of hydrogen-bond donors (Lipinski definition) is 0. The third-order valence-corrected chi connectivity index (χ3v) is 5.16. The van der Waals surface area contributed by atoms with E-state index in [9.17, 15) is 18.5 Å². The van der Waals surface area contributed by atoms with Crippen LogP contribution < -0.4 is 4.74 Å². The number of rotatable bonds is 6. The maximum atomic E-state index is 12.8. The number of nitro benzene ring substituents is 1. The maximum absolute atomic E-state index is 12.8. The van der Waals surface area contributed by atoms with E-state index < -0.39 is 20.4 Å². The van der Waals surface area contributed by atoms with Crippen molar-refractivity contribution in [3.8, 4) is 5.75 Å². The summed E-state index contributed by atoms with van der Waals surface area (Å²) in [6, 6.07) is 11.3. The molecule has 2 aromatic carbocycles. The first kappa shape index (κ1) is 15.4. The molecule has 0 N–H and O–H groups in total. The Bertz CT molecular complexity index is 845. The van der Waals surface area contributed by atoms with E-state index in [0.29, 0.717) is 6.61 Å². The molecule has 1 fully saturated rings. The van der Waals surface area contributed by atoms with Gasteiger partial charge < -0.3 is 9.47 Å². The van der Waals surface area contributed by atoms with Crippen molar-refractivity contribution in [3.63, 3.8) is 0 Å². The monoisotopic (exact) mass is 335 g/mol. The molecule has 1 aliphatic heterocycles. The topological polar surface area (TPSA) is 99.0 Å². The van der Waals surface area contributed by atoms with Crippen LogP contribution in [-0.4, -0.2) is 32.7 Å². The number of para-hydroxylation sites is 2. The third kappa shape index (κ3) is 3.17. The summed E-state index contributed by atoms with van der Waals surface area (Å²) in [6.07, 6.45) is -0.0307. The molecule has 1 unspecified atom stereocenters. The number of ether oxygens (including phenoxy) is 2. The number of epoxide rings is 1. The second-order valence-corrected chi connectivity index (χ2v) is 6.83. The van der Waals surface area contributed by atoms with Gasteiger partial charge >= 0.3 is 0 Å². The molecule has 2 aromatic rings. The number of nitrogens with zero attached hydrogens (tertiary/aromatic N) is 1. The first-order valence-electron chi connectivity index (χ1n) is 6.82. The summed E-state index contributed by atoms with van der Waals surface area (Å²) in [5.74, 6) is 0.154. The molecule has 1 saturated heterocycles. The van der Waals surface area contributed by atoms with Gasteiger partial charge in [-0.1, -0.05) is 24.3 Å². The molecular formula is C15H13NO6S. The summed E-state index contributed by atoms with van der Waals surface area (Å²) in [6.45, 7) is 0.822. The number of hydrogen-bond acceptors (Lipinski definition) is 6. The van der Waals surface area contributed by atoms with Crippen LogP contribution in [-0.2, 0) is 14.6 Å². The SMILES string of the molecule is O=[N+]([O-])c1ccccc1S(=O)(=O)c1ccccc1OCC1CO1. The van der Waals surface area contributed by atoms with Crippen LogP contribution in [0.5, 0.6) is 5.75 Å². The van der Waals surface area contributed by atoms with Crippen LogP contribution in [0.2, 0.25) is 0 Å². The van der Waals surface area contributed by atoms with Crippen LogP contribution in [0.25, 0.3) is 0 Å². The first-order chi connectivity index (χ1) is 11.0. The molecule has 0 spiro atoms. The Morgan fingerprint density at radius 2 is 1.74 bits per heavy atom. The largest absolute Gasteiger partial charge is 0.489 e. The highest BCUT2D eigenvalue weighted by atomic mass is 32.2. The van der Waals surface area contributed by atoms with Gasteiger partial charge in [-0.15, -0.1) is 0 Å². The molecular weight excluding hydrogens is 322 g/mol. The fourth-order valence-corrected chi connectivity index (χ4v) is 3.65. The minimum Gasteiger partial charge on any atom is -0.489 e. The van der Waals surface area contributed by atoms with Crippen LogP contribution in [0.15, 0.2) is 58.3 Å². The normalized spacial score (nSPS) is 16.8. The quantitative estimate of drug-likeness (QED) is 0.456. The Kier molecular flexibility index (Phi) is 4.01. The lowest BCUT2D eigenvalue weighted by Gasteiger charge is -2.11. The highest BCUT2D eigenvalue weighted by Gasteiger charge is 2.30. The van der Waals surface area contributed by atoms with Gasteiger partial charge in [-0.25, -0.2) is 8.42 Å². The number of sulfone groups is 1. The molecule has 120 valence electrons. The number of nitro groups is 1. The summed E-state index contributed by atoms with van der Waals surface area (Å²) >= 11 is 0. The minimum atomic E-state index is -4.08. The molecule has 7 nitrogen and oxygen atoms in total. The van der Waals surface area contributed by atoms with Crippen molar-refractivity contribution in [2.75, 3.05) is 13.2 Å². The molecule has 0 bridgehead atoms. The van der Waals surface area contributed by atoms with E-state index >= 15 is 0 Å². The van der Waals surface area contributed by atoms with Gasteiger partial charge in [0.15, 0.2) is 0 Å². The van der Waals surface area contributed by atoms with Gasteiger partial charge in [-0.2, -0.15) is 0 Å². The third-order valence-electron chi connectivity index (χ3n) is 3.32. The molecule has 1 aliphatic rings. The molecule has 0 saturated carbocycles. The number of benzene rings is 2. The maximum Gasteiger partial charge on any atom is 0.288 e. The molecule has 0 aliphatic carbocycles. The predicted octanol–water partition coefficient (Wildman–Crippen LogP) is 2.21. The standard InChI is InChI=1S/C15H13NO6S/c17-16(18)12-5-1-3-7-14(12)23(19,20)15-8-4-2-6-13(15)22-10-11-9-21-11/h1-8,11H,9-10H2. The summed E-state index contributed by atoms with van der Waals surface area (Å²) in [4.78, 5) is 9.93. The lowest BCUT2D eigenvalue weighted by atomic mass is 10.3. The van der Waals surface area contributed by atoms with Gasteiger partial charge in [0.05, 0.1) is 11.5 Å². The van der Waals surface area contributed by atoms with Gasteiger partial charge in [0.1, 0.15) is 28.3 Å². The van der Waals surface area contributed by atoms with Crippen molar-refractivity contribution in [2.45, 2.75) is 15.9 Å². The summed E-state index contributed by atoms with van der Waals surface area (Å²) < 4.78 is 36.2. The zero-order valence-electron chi connectivity index (χ0n) is 11.9. The zero-order valence-corrected chi connectivity index (χ0v) is 12.7. The Morgan fingerprint density at radius 3 is 2.39 bits per heavy atom. The van der Waals surface area contributed by atoms with E-state index in [2.05, 4.69) is 0 Å².